The molecule has 14 heavy (non-hydrogen) atoms. The SMILES string of the molecule is CC(C)C1OC(CN)C(O)C(O)C1N. The van der Waals surface area contributed by atoms with Crippen LogP contribution in [0.25, 0.3) is 0 Å². The maximum Gasteiger partial charge on any atom is 0.109 e. The van der Waals surface area contributed by atoms with Crippen molar-refractivity contribution in [3.63, 3.8) is 0 Å². The van der Waals surface area contributed by atoms with Crippen LogP contribution >= 0.6 is 0 Å². The quantitative estimate of drug-likeness (QED) is 0.435. The van der Waals surface area contributed by atoms with Crippen LogP contribution in [0.3, 0.4) is 0 Å². The first-order valence-electron chi connectivity index (χ1n) is 4.96. The minimum atomic E-state index is -0.981. The summed E-state index contributed by atoms with van der Waals surface area (Å²) in [7, 11) is 0. The van der Waals surface area contributed by atoms with Crippen molar-refractivity contribution in [2.45, 2.75) is 44.3 Å². The molecule has 5 unspecified atom stereocenters. The fraction of sp³-hybridized carbons (Fsp3) is 1.00. The Hall–Kier alpha value is -0.200. The van der Waals surface area contributed by atoms with Gasteiger partial charge in [0.1, 0.15) is 12.2 Å². The van der Waals surface area contributed by atoms with Gasteiger partial charge in [-0.05, 0) is 5.92 Å². The highest BCUT2D eigenvalue weighted by Crippen LogP contribution is 2.23. The van der Waals surface area contributed by atoms with Gasteiger partial charge >= 0.3 is 0 Å². The van der Waals surface area contributed by atoms with E-state index in [9.17, 15) is 10.2 Å². The highest BCUT2D eigenvalue weighted by Gasteiger charge is 2.42. The molecule has 1 saturated heterocycles. The smallest absolute Gasteiger partial charge is 0.109 e. The van der Waals surface area contributed by atoms with Gasteiger partial charge in [0.2, 0.25) is 0 Å². The summed E-state index contributed by atoms with van der Waals surface area (Å²) in [6.45, 7) is 4.11. The molecule has 6 N–H and O–H groups in total. The van der Waals surface area contributed by atoms with E-state index in [0.717, 1.165) is 0 Å². The predicted molar refractivity (Wildman–Crippen MR) is 52.5 cm³/mol. The minimum Gasteiger partial charge on any atom is -0.389 e. The van der Waals surface area contributed by atoms with Crippen LogP contribution in [0.5, 0.6) is 0 Å². The lowest BCUT2D eigenvalue weighted by Crippen LogP contribution is -2.63. The third-order valence-corrected chi connectivity index (χ3v) is 2.73. The Bertz CT molecular complexity index is 187. The van der Waals surface area contributed by atoms with Crippen molar-refractivity contribution in [2.24, 2.45) is 17.4 Å². The van der Waals surface area contributed by atoms with Gasteiger partial charge in [0.25, 0.3) is 0 Å². The van der Waals surface area contributed by atoms with Gasteiger partial charge in [-0.3, -0.25) is 0 Å². The van der Waals surface area contributed by atoms with Gasteiger partial charge < -0.3 is 26.4 Å². The zero-order valence-corrected chi connectivity index (χ0v) is 8.63. The molecule has 0 aromatic rings. The maximum atomic E-state index is 9.66. The maximum absolute atomic E-state index is 9.66. The summed E-state index contributed by atoms with van der Waals surface area (Å²) in [5, 5.41) is 19.2. The van der Waals surface area contributed by atoms with Gasteiger partial charge in [-0.15, -0.1) is 0 Å². The lowest BCUT2D eigenvalue weighted by molar-refractivity contribution is -0.184. The molecule has 1 aliphatic heterocycles. The molecule has 0 saturated carbocycles. The van der Waals surface area contributed by atoms with E-state index < -0.39 is 24.4 Å². The molecule has 1 aliphatic rings. The van der Waals surface area contributed by atoms with Crippen LogP contribution in [0.1, 0.15) is 13.8 Å². The third kappa shape index (κ3) is 2.07. The third-order valence-electron chi connectivity index (χ3n) is 2.73. The molecule has 0 aliphatic carbocycles. The van der Waals surface area contributed by atoms with Gasteiger partial charge in [0, 0.05) is 6.54 Å². The van der Waals surface area contributed by atoms with Crippen molar-refractivity contribution in [3.05, 3.63) is 0 Å². The van der Waals surface area contributed by atoms with Gasteiger partial charge in [0.15, 0.2) is 0 Å². The molecule has 1 heterocycles. The Morgan fingerprint density at radius 3 is 2.29 bits per heavy atom. The van der Waals surface area contributed by atoms with E-state index in [4.69, 9.17) is 16.2 Å². The first kappa shape index (κ1) is 11.9. The molecule has 5 atom stereocenters. The van der Waals surface area contributed by atoms with E-state index in [2.05, 4.69) is 0 Å². The average Bonchev–Trinajstić information content (AvgIpc) is 2.14. The van der Waals surface area contributed by atoms with Gasteiger partial charge in [-0.2, -0.15) is 0 Å². The van der Waals surface area contributed by atoms with E-state index in [-0.39, 0.29) is 18.6 Å². The molecule has 0 amide bonds. The second-order valence-corrected chi connectivity index (χ2v) is 4.18. The van der Waals surface area contributed by atoms with Crippen molar-refractivity contribution in [2.75, 3.05) is 6.54 Å². The van der Waals surface area contributed by atoms with E-state index >= 15 is 0 Å². The first-order valence-corrected chi connectivity index (χ1v) is 4.96. The Morgan fingerprint density at radius 2 is 1.86 bits per heavy atom. The molecule has 0 spiro atoms. The summed E-state index contributed by atoms with van der Waals surface area (Å²) in [4.78, 5) is 0. The largest absolute Gasteiger partial charge is 0.389 e. The van der Waals surface area contributed by atoms with Crippen LogP contribution in [0, 0.1) is 5.92 Å². The van der Waals surface area contributed by atoms with Crippen LogP contribution in [-0.2, 0) is 4.74 Å². The molecule has 0 aromatic carbocycles. The summed E-state index contributed by atoms with van der Waals surface area (Å²) in [5.41, 5.74) is 11.2. The lowest BCUT2D eigenvalue weighted by Gasteiger charge is -2.42. The topological polar surface area (TPSA) is 102 Å². The normalized spacial score (nSPS) is 44.4. The van der Waals surface area contributed by atoms with Gasteiger partial charge in [-0.1, -0.05) is 13.8 Å². The van der Waals surface area contributed by atoms with Crippen molar-refractivity contribution in [1.82, 2.24) is 0 Å². The average molecular weight is 204 g/mol. The summed E-state index contributed by atoms with van der Waals surface area (Å²) in [6, 6.07) is -0.548. The minimum absolute atomic E-state index is 0.189. The molecule has 0 bridgehead atoms. The Balaban J connectivity index is 2.73. The lowest BCUT2D eigenvalue weighted by atomic mass is 9.88. The van der Waals surface area contributed by atoms with Gasteiger partial charge in [0.05, 0.1) is 18.2 Å². The summed E-state index contributed by atoms with van der Waals surface area (Å²) < 4.78 is 5.53. The fourth-order valence-corrected chi connectivity index (χ4v) is 1.81. The number of nitrogens with two attached hydrogens (primary N) is 2. The second kappa shape index (κ2) is 4.55. The van der Waals surface area contributed by atoms with Crippen LogP contribution in [0.15, 0.2) is 0 Å². The Morgan fingerprint density at radius 1 is 1.29 bits per heavy atom. The van der Waals surface area contributed by atoms with Crippen molar-refractivity contribution in [3.8, 4) is 0 Å². The number of hydrogen-bond donors (Lipinski definition) is 4. The molecule has 1 fully saturated rings. The number of hydrogen-bond acceptors (Lipinski definition) is 5. The van der Waals surface area contributed by atoms with Crippen molar-refractivity contribution < 1.29 is 14.9 Å². The standard InChI is InChI=1S/C9H20N2O3/c1-4(2)9-6(11)8(13)7(12)5(3-10)14-9/h4-9,12-13H,3,10-11H2,1-2H3. The van der Waals surface area contributed by atoms with E-state index in [1.807, 2.05) is 13.8 Å². The molecule has 5 heteroatoms. The molecular weight excluding hydrogens is 184 g/mol. The zero-order chi connectivity index (χ0) is 10.9. The monoisotopic (exact) mass is 204 g/mol. The molecule has 0 aromatic heterocycles. The van der Waals surface area contributed by atoms with E-state index in [1.165, 1.54) is 0 Å². The van der Waals surface area contributed by atoms with E-state index in [0.29, 0.717) is 0 Å². The van der Waals surface area contributed by atoms with E-state index in [1.54, 1.807) is 0 Å². The predicted octanol–water partition coefficient (Wildman–Crippen LogP) is -1.58. The molecule has 5 nitrogen and oxygen atoms in total. The molecule has 84 valence electrons. The summed E-state index contributed by atoms with van der Waals surface area (Å²) >= 11 is 0. The zero-order valence-electron chi connectivity index (χ0n) is 8.63. The second-order valence-electron chi connectivity index (χ2n) is 4.18. The summed E-state index contributed by atoms with van der Waals surface area (Å²) in [5.74, 6) is 0.196. The van der Waals surface area contributed by atoms with Crippen molar-refractivity contribution in [1.29, 1.82) is 0 Å². The number of ether oxygens (including phenoxy) is 1. The van der Waals surface area contributed by atoms with Crippen LogP contribution in [0.4, 0.5) is 0 Å². The highest BCUT2D eigenvalue weighted by atomic mass is 16.5. The Kier molecular flexibility index (Phi) is 3.86. The molecule has 1 rings (SSSR count). The van der Waals surface area contributed by atoms with Crippen molar-refractivity contribution >= 4 is 0 Å². The van der Waals surface area contributed by atoms with Gasteiger partial charge in [-0.25, -0.2) is 0 Å². The molecule has 0 radical (unpaired) electrons. The number of rotatable bonds is 2. The number of aliphatic hydroxyl groups is 2. The first-order chi connectivity index (χ1) is 6.49. The highest BCUT2D eigenvalue weighted by molar-refractivity contribution is 4.95. The Labute approximate surface area is 84.0 Å². The number of aliphatic hydroxyl groups excluding tert-OH is 2. The summed E-state index contributed by atoms with van der Waals surface area (Å²) in [6.07, 6.45) is -2.70. The fourth-order valence-electron chi connectivity index (χ4n) is 1.81. The van der Waals surface area contributed by atoms with Crippen LogP contribution in [0.2, 0.25) is 0 Å². The molecular formula is C9H20N2O3. The van der Waals surface area contributed by atoms with Crippen LogP contribution in [-0.4, -0.2) is 47.2 Å². The van der Waals surface area contributed by atoms with Crippen LogP contribution < -0.4 is 11.5 Å².